The highest BCUT2D eigenvalue weighted by molar-refractivity contribution is 7.80. The minimum Gasteiger partial charge on any atom is -0.496 e. The first-order valence-electron chi connectivity index (χ1n) is 7.61. The van der Waals surface area contributed by atoms with Crippen molar-refractivity contribution in [2.45, 2.75) is 13.3 Å². The maximum Gasteiger partial charge on any atom is 0.262 e. The van der Waals surface area contributed by atoms with Gasteiger partial charge < -0.3 is 14.8 Å². The number of aryl methyl sites for hydroxylation is 1. The topological polar surface area (TPSA) is 62.8 Å². The standard InChI is InChI=1S/C17H25N3O3S/c1-13-6-8-15(23-4)14(12-13)7-9-16(21)19-20(2)17(24)18-10-5-11-22-3/h6-9,12H,5,10-11H2,1-4H3,(H,18,24)(H,19,21)/b9-7+. The fourth-order valence-corrected chi connectivity index (χ4v) is 2.08. The van der Waals surface area contributed by atoms with Crippen molar-refractivity contribution in [1.29, 1.82) is 0 Å². The Balaban J connectivity index is 2.53. The van der Waals surface area contributed by atoms with E-state index in [1.807, 2.05) is 25.1 Å². The van der Waals surface area contributed by atoms with Crippen molar-refractivity contribution in [3.05, 3.63) is 35.4 Å². The highest BCUT2D eigenvalue weighted by Gasteiger charge is 2.06. The van der Waals surface area contributed by atoms with Crippen LogP contribution in [0.15, 0.2) is 24.3 Å². The maximum atomic E-state index is 12.0. The van der Waals surface area contributed by atoms with Gasteiger partial charge in [0.1, 0.15) is 5.75 Å². The number of benzene rings is 1. The van der Waals surface area contributed by atoms with Crippen molar-refractivity contribution >= 4 is 29.3 Å². The molecule has 2 N–H and O–H groups in total. The maximum absolute atomic E-state index is 12.0. The second-order valence-corrected chi connectivity index (χ2v) is 5.58. The van der Waals surface area contributed by atoms with E-state index < -0.39 is 0 Å². The second kappa shape index (κ2) is 10.6. The van der Waals surface area contributed by atoms with Crippen LogP contribution in [0.2, 0.25) is 0 Å². The molecule has 0 aliphatic carbocycles. The van der Waals surface area contributed by atoms with Gasteiger partial charge in [0.2, 0.25) is 0 Å². The van der Waals surface area contributed by atoms with Crippen molar-refractivity contribution in [2.24, 2.45) is 0 Å². The fraction of sp³-hybridized carbons (Fsp3) is 0.412. The molecule has 0 saturated carbocycles. The molecular weight excluding hydrogens is 326 g/mol. The van der Waals surface area contributed by atoms with Gasteiger partial charge in [-0.15, -0.1) is 0 Å². The molecule has 1 aromatic carbocycles. The molecule has 0 bridgehead atoms. The Bertz CT molecular complexity index is 590. The summed E-state index contributed by atoms with van der Waals surface area (Å²) >= 11 is 5.19. The van der Waals surface area contributed by atoms with E-state index in [1.165, 1.54) is 11.1 Å². The number of rotatable bonds is 7. The van der Waals surface area contributed by atoms with Crippen LogP contribution in [0.5, 0.6) is 5.75 Å². The summed E-state index contributed by atoms with van der Waals surface area (Å²) in [6, 6.07) is 5.78. The minimum absolute atomic E-state index is 0.276. The van der Waals surface area contributed by atoms with Crippen LogP contribution in [0.4, 0.5) is 0 Å². The molecule has 7 heteroatoms. The van der Waals surface area contributed by atoms with Crippen LogP contribution in [0.25, 0.3) is 6.08 Å². The van der Waals surface area contributed by atoms with Crippen LogP contribution in [-0.2, 0) is 9.53 Å². The molecule has 1 aromatic rings. The molecule has 6 nitrogen and oxygen atoms in total. The molecule has 24 heavy (non-hydrogen) atoms. The number of hydrogen-bond donors (Lipinski definition) is 2. The number of thiocarbonyl (C=S) groups is 1. The molecule has 0 unspecified atom stereocenters. The van der Waals surface area contributed by atoms with E-state index in [1.54, 1.807) is 27.3 Å². The molecule has 0 heterocycles. The lowest BCUT2D eigenvalue weighted by Gasteiger charge is -2.20. The Morgan fingerprint density at radius 3 is 2.79 bits per heavy atom. The van der Waals surface area contributed by atoms with Gasteiger partial charge in [-0.1, -0.05) is 11.6 Å². The zero-order chi connectivity index (χ0) is 17.9. The summed E-state index contributed by atoms with van der Waals surface area (Å²) in [7, 11) is 4.94. The number of nitrogens with one attached hydrogen (secondary N) is 2. The van der Waals surface area contributed by atoms with Crippen molar-refractivity contribution in [1.82, 2.24) is 15.8 Å². The molecule has 1 rings (SSSR count). The summed E-state index contributed by atoms with van der Waals surface area (Å²) in [6.45, 7) is 3.33. The van der Waals surface area contributed by atoms with Gasteiger partial charge in [-0.05, 0) is 43.8 Å². The first-order chi connectivity index (χ1) is 11.5. The predicted octanol–water partition coefficient (Wildman–Crippen LogP) is 1.89. The van der Waals surface area contributed by atoms with E-state index in [-0.39, 0.29) is 5.91 Å². The van der Waals surface area contributed by atoms with Crippen LogP contribution < -0.4 is 15.5 Å². The van der Waals surface area contributed by atoms with E-state index >= 15 is 0 Å². The second-order valence-electron chi connectivity index (χ2n) is 5.19. The van der Waals surface area contributed by atoms with Crippen LogP contribution in [0.1, 0.15) is 17.5 Å². The Labute approximate surface area is 148 Å². The summed E-state index contributed by atoms with van der Waals surface area (Å²) in [5, 5.41) is 4.96. The van der Waals surface area contributed by atoms with Gasteiger partial charge in [0.15, 0.2) is 5.11 Å². The van der Waals surface area contributed by atoms with Gasteiger partial charge in [-0.3, -0.25) is 15.2 Å². The summed E-state index contributed by atoms with van der Waals surface area (Å²) in [5.74, 6) is 0.440. The van der Waals surface area contributed by atoms with Gasteiger partial charge >= 0.3 is 0 Å². The van der Waals surface area contributed by atoms with Gasteiger partial charge in [-0.25, -0.2) is 0 Å². The average molecular weight is 351 g/mol. The molecule has 0 saturated heterocycles. The first-order valence-corrected chi connectivity index (χ1v) is 8.02. The fourth-order valence-electron chi connectivity index (χ4n) is 1.93. The molecule has 0 aromatic heterocycles. The van der Waals surface area contributed by atoms with Crippen molar-refractivity contribution in [3.8, 4) is 5.75 Å². The van der Waals surface area contributed by atoms with Gasteiger partial charge in [0, 0.05) is 38.9 Å². The zero-order valence-corrected chi connectivity index (χ0v) is 15.4. The molecule has 0 atom stereocenters. The van der Waals surface area contributed by atoms with Crippen molar-refractivity contribution < 1.29 is 14.3 Å². The number of amides is 1. The third kappa shape index (κ3) is 6.97. The molecule has 0 fully saturated rings. The van der Waals surface area contributed by atoms with E-state index in [9.17, 15) is 4.79 Å². The van der Waals surface area contributed by atoms with E-state index in [2.05, 4.69) is 10.7 Å². The number of hydrogen-bond acceptors (Lipinski definition) is 4. The van der Waals surface area contributed by atoms with Crippen LogP contribution in [0, 0.1) is 6.92 Å². The number of nitrogens with zero attached hydrogens (tertiary/aromatic N) is 1. The van der Waals surface area contributed by atoms with Crippen molar-refractivity contribution in [2.75, 3.05) is 34.4 Å². The Hall–Kier alpha value is -2.12. The lowest BCUT2D eigenvalue weighted by Crippen LogP contribution is -2.47. The van der Waals surface area contributed by atoms with Crippen LogP contribution >= 0.6 is 12.2 Å². The van der Waals surface area contributed by atoms with Gasteiger partial charge in [0.05, 0.1) is 7.11 Å². The predicted molar refractivity (Wildman–Crippen MR) is 99.8 cm³/mol. The quantitative estimate of drug-likeness (QED) is 0.339. The average Bonchev–Trinajstić information content (AvgIpc) is 2.56. The van der Waals surface area contributed by atoms with E-state index in [0.717, 1.165) is 17.5 Å². The molecule has 0 aliphatic rings. The highest BCUT2D eigenvalue weighted by Crippen LogP contribution is 2.20. The van der Waals surface area contributed by atoms with Crippen LogP contribution in [0.3, 0.4) is 0 Å². The molecule has 1 amide bonds. The normalized spacial score (nSPS) is 10.5. The lowest BCUT2D eigenvalue weighted by molar-refractivity contribution is -0.119. The summed E-state index contributed by atoms with van der Waals surface area (Å²) in [6.07, 6.45) is 4.00. The number of carbonyl (C=O) groups is 1. The summed E-state index contributed by atoms with van der Waals surface area (Å²) < 4.78 is 10.2. The Kier molecular flexibility index (Phi) is 8.81. The largest absolute Gasteiger partial charge is 0.496 e. The van der Waals surface area contributed by atoms with Crippen molar-refractivity contribution in [3.63, 3.8) is 0 Å². The number of methoxy groups -OCH3 is 2. The number of hydrazine groups is 1. The molecular formula is C17H25N3O3S. The van der Waals surface area contributed by atoms with E-state index in [4.69, 9.17) is 21.7 Å². The van der Waals surface area contributed by atoms with Crippen LogP contribution in [-0.4, -0.2) is 50.4 Å². The molecule has 0 radical (unpaired) electrons. The first kappa shape index (κ1) is 19.9. The molecule has 132 valence electrons. The summed E-state index contributed by atoms with van der Waals surface area (Å²) in [4.78, 5) is 12.0. The lowest BCUT2D eigenvalue weighted by atomic mass is 10.1. The third-order valence-electron chi connectivity index (χ3n) is 3.18. The Morgan fingerprint density at radius 1 is 1.38 bits per heavy atom. The van der Waals surface area contributed by atoms with Gasteiger partial charge in [-0.2, -0.15) is 0 Å². The smallest absolute Gasteiger partial charge is 0.262 e. The number of carbonyl (C=O) groups excluding carboxylic acids is 1. The highest BCUT2D eigenvalue weighted by atomic mass is 32.1. The Morgan fingerprint density at radius 2 is 2.12 bits per heavy atom. The molecule has 0 aliphatic heterocycles. The number of ether oxygens (including phenoxy) is 2. The minimum atomic E-state index is -0.276. The van der Waals surface area contributed by atoms with Gasteiger partial charge in [0.25, 0.3) is 5.91 Å². The summed E-state index contributed by atoms with van der Waals surface area (Å²) in [5.41, 5.74) is 4.61. The molecule has 0 spiro atoms. The zero-order valence-electron chi connectivity index (χ0n) is 14.6. The van der Waals surface area contributed by atoms with E-state index in [0.29, 0.717) is 24.0 Å². The third-order valence-corrected chi connectivity index (χ3v) is 3.60. The monoisotopic (exact) mass is 351 g/mol. The SMILES string of the molecule is COCCCNC(=S)N(C)NC(=O)/C=C/c1cc(C)ccc1OC.